The van der Waals surface area contributed by atoms with Gasteiger partial charge in [-0.2, -0.15) is 0 Å². The van der Waals surface area contributed by atoms with E-state index in [2.05, 4.69) is 43.0 Å². The standard InChI is InChI=1S/C22H24N4/c1-3-14-10-19-21(12-17(14)23)26(16-8-6-5-7-9-16)22-13-18(24)15(4-2)11-20(22)25-19/h5-10,12-13H,3-4,11,23-24H2,1-2H3. The summed E-state index contributed by atoms with van der Waals surface area (Å²) in [7, 11) is 0. The van der Waals surface area contributed by atoms with Crippen LogP contribution in [0.3, 0.4) is 0 Å². The van der Waals surface area contributed by atoms with Gasteiger partial charge in [0.05, 0.1) is 22.8 Å². The van der Waals surface area contributed by atoms with E-state index < -0.39 is 0 Å². The Balaban J connectivity index is 1.97. The molecule has 0 atom stereocenters. The van der Waals surface area contributed by atoms with Crippen LogP contribution in [0.2, 0.25) is 0 Å². The van der Waals surface area contributed by atoms with Gasteiger partial charge in [0.25, 0.3) is 0 Å². The van der Waals surface area contributed by atoms with Gasteiger partial charge in [-0.15, -0.1) is 0 Å². The molecule has 4 nitrogen and oxygen atoms in total. The quantitative estimate of drug-likeness (QED) is 0.773. The van der Waals surface area contributed by atoms with Crippen LogP contribution in [0.15, 0.2) is 70.5 Å². The molecule has 4 N–H and O–H groups in total. The van der Waals surface area contributed by atoms with Gasteiger partial charge in [0.15, 0.2) is 0 Å². The lowest BCUT2D eigenvalue weighted by molar-refractivity contribution is 0.986. The maximum Gasteiger partial charge on any atom is 0.0878 e. The van der Waals surface area contributed by atoms with E-state index in [1.54, 1.807) is 0 Å². The second kappa shape index (κ2) is 6.37. The largest absolute Gasteiger partial charge is 0.399 e. The molecule has 1 aliphatic heterocycles. The third-order valence-corrected chi connectivity index (χ3v) is 5.17. The lowest BCUT2D eigenvalue weighted by Crippen LogP contribution is -2.29. The smallest absolute Gasteiger partial charge is 0.0878 e. The number of fused-ring (bicyclic) bond motifs is 2. The average Bonchev–Trinajstić information content (AvgIpc) is 2.66. The third kappa shape index (κ3) is 2.58. The molecule has 0 radical (unpaired) electrons. The predicted octanol–water partition coefficient (Wildman–Crippen LogP) is 4.97. The van der Waals surface area contributed by atoms with Gasteiger partial charge in [-0.1, -0.05) is 32.0 Å². The first-order chi connectivity index (χ1) is 12.6. The van der Waals surface area contributed by atoms with Crippen molar-refractivity contribution in [2.24, 2.45) is 10.7 Å². The number of nitrogens with zero attached hydrogens (tertiary/aromatic N) is 2. The van der Waals surface area contributed by atoms with Crippen LogP contribution >= 0.6 is 0 Å². The van der Waals surface area contributed by atoms with Crippen LogP contribution in [0, 0.1) is 0 Å². The molecule has 2 aromatic rings. The molecule has 1 aliphatic carbocycles. The summed E-state index contributed by atoms with van der Waals surface area (Å²) in [6.45, 7) is 4.26. The zero-order chi connectivity index (χ0) is 18.3. The van der Waals surface area contributed by atoms with Gasteiger partial charge < -0.3 is 16.4 Å². The van der Waals surface area contributed by atoms with Crippen LogP contribution in [0.25, 0.3) is 0 Å². The number of allylic oxidation sites excluding steroid dienone is 3. The molecule has 0 saturated carbocycles. The molecule has 0 amide bonds. The molecular formula is C22H24N4. The maximum absolute atomic E-state index is 6.33. The van der Waals surface area contributed by atoms with E-state index in [0.717, 1.165) is 64.7 Å². The van der Waals surface area contributed by atoms with E-state index in [4.69, 9.17) is 16.5 Å². The second-order valence-corrected chi connectivity index (χ2v) is 6.74. The summed E-state index contributed by atoms with van der Waals surface area (Å²) in [5.74, 6) is 0. The summed E-state index contributed by atoms with van der Waals surface area (Å²) < 4.78 is 0. The lowest BCUT2D eigenvalue weighted by atomic mass is 9.93. The van der Waals surface area contributed by atoms with Crippen molar-refractivity contribution in [2.45, 2.75) is 33.1 Å². The summed E-state index contributed by atoms with van der Waals surface area (Å²) in [6.07, 6.45) is 4.68. The summed E-state index contributed by atoms with van der Waals surface area (Å²) in [5.41, 5.74) is 21.9. The minimum Gasteiger partial charge on any atom is -0.399 e. The van der Waals surface area contributed by atoms with Crippen molar-refractivity contribution in [3.8, 4) is 0 Å². The van der Waals surface area contributed by atoms with Crippen LogP contribution in [0.5, 0.6) is 0 Å². The van der Waals surface area contributed by atoms with E-state index in [0.29, 0.717) is 0 Å². The normalized spacial score (nSPS) is 16.0. The van der Waals surface area contributed by atoms with Gasteiger partial charge in [-0.05, 0) is 54.3 Å². The Morgan fingerprint density at radius 2 is 1.81 bits per heavy atom. The molecule has 4 rings (SSSR count). The van der Waals surface area contributed by atoms with Gasteiger partial charge in [-0.25, -0.2) is 4.99 Å². The minimum atomic E-state index is 0.794. The number of nitrogen functional groups attached to an aromatic ring is 1. The van der Waals surface area contributed by atoms with Crippen LogP contribution < -0.4 is 16.4 Å². The number of benzene rings is 2. The summed E-state index contributed by atoms with van der Waals surface area (Å²) in [6, 6.07) is 14.5. The topological polar surface area (TPSA) is 67.6 Å². The SMILES string of the molecule is CCC1=C(N)C=C2C(=Nc3cc(CC)c(N)cc3N2c2ccccc2)C1. The summed E-state index contributed by atoms with van der Waals surface area (Å²) >= 11 is 0. The van der Waals surface area contributed by atoms with Gasteiger partial charge in [0.2, 0.25) is 0 Å². The van der Waals surface area contributed by atoms with Crippen LogP contribution in [0.4, 0.5) is 22.7 Å². The monoisotopic (exact) mass is 344 g/mol. The molecule has 132 valence electrons. The highest BCUT2D eigenvalue weighted by Crippen LogP contribution is 2.45. The number of aliphatic imine (C=N–C) groups is 1. The fourth-order valence-corrected chi connectivity index (χ4v) is 3.69. The number of aryl methyl sites for hydroxylation is 1. The second-order valence-electron chi connectivity index (χ2n) is 6.74. The molecule has 4 heteroatoms. The van der Waals surface area contributed by atoms with Crippen LogP contribution in [0.1, 0.15) is 32.3 Å². The Bertz CT molecular complexity index is 952. The number of hydrogen-bond acceptors (Lipinski definition) is 4. The number of hydrogen-bond donors (Lipinski definition) is 2. The zero-order valence-electron chi connectivity index (χ0n) is 15.3. The van der Waals surface area contributed by atoms with Crippen molar-refractivity contribution in [2.75, 3.05) is 10.6 Å². The third-order valence-electron chi connectivity index (χ3n) is 5.17. The predicted molar refractivity (Wildman–Crippen MR) is 110 cm³/mol. The molecule has 0 spiro atoms. The molecular weight excluding hydrogens is 320 g/mol. The van der Waals surface area contributed by atoms with Gasteiger partial charge in [0, 0.05) is 23.5 Å². The zero-order valence-corrected chi connectivity index (χ0v) is 15.3. The Kier molecular flexibility index (Phi) is 4.03. The molecule has 0 bridgehead atoms. The van der Waals surface area contributed by atoms with Crippen molar-refractivity contribution < 1.29 is 0 Å². The Morgan fingerprint density at radius 1 is 1.04 bits per heavy atom. The van der Waals surface area contributed by atoms with E-state index >= 15 is 0 Å². The van der Waals surface area contributed by atoms with Crippen molar-refractivity contribution in [3.63, 3.8) is 0 Å². The number of anilines is 3. The molecule has 0 unspecified atom stereocenters. The van der Waals surface area contributed by atoms with E-state index in [1.165, 1.54) is 5.57 Å². The molecule has 2 aliphatic rings. The number of nitrogens with two attached hydrogens (primary N) is 2. The minimum absolute atomic E-state index is 0.794. The maximum atomic E-state index is 6.33. The number of rotatable bonds is 3. The first kappa shape index (κ1) is 16.5. The first-order valence-electron chi connectivity index (χ1n) is 9.17. The molecule has 0 saturated heterocycles. The molecule has 0 aromatic heterocycles. The van der Waals surface area contributed by atoms with Crippen LogP contribution in [-0.2, 0) is 6.42 Å². The van der Waals surface area contributed by atoms with E-state index in [1.807, 2.05) is 24.3 Å². The van der Waals surface area contributed by atoms with Gasteiger partial charge >= 0.3 is 0 Å². The lowest BCUT2D eigenvalue weighted by Gasteiger charge is -2.35. The van der Waals surface area contributed by atoms with Crippen molar-refractivity contribution in [1.82, 2.24) is 0 Å². The molecule has 26 heavy (non-hydrogen) atoms. The highest BCUT2D eigenvalue weighted by atomic mass is 15.2. The van der Waals surface area contributed by atoms with Crippen molar-refractivity contribution in [3.05, 3.63) is 71.1 Å². The van der Waals surface area contributed by atoms with E-state index in [9.17, 15) is 0 Å². The van der Waals surface area contributed by atoms with Crippen LogP contribution in [-0.4, -0.2) is 5.71 Å². The Labute approximate surface area is 154 Å². The first-order valence-corrected chi connectivity index (χ1v) is 9.17. The fourth-order valence-electron chi connectivity index (χ4n) is 3.69. The molecule has 2 aromatic carbocycles. The molecule has 1 heterocycles. The Morgan fingerprint density at radius 3 is 2.50 bits per heavy atom. The van der Waals surface area contributed by atoms with E-state index in [-0.39, 0.29) is 0 Å². The summed E-state index contributed by atoms with van der Waals surface area (Å²) in [4.78, 5) is 7.22. The highest BCUT2D eigenvalue weighted by molar-refractivity contribution is 6.12. The Hall–Kier alpha value is -3.01. The van der Waals surface area contributed by atoms with Gasteiger partial charge in [-0.3, -0.25) is 0 Å². The number of para-hydroxylation sites is 1. The fraction of sp³-hybridized carbons (Fsp3) is 0.227. The molecule has 0 fully saturated rings. The highest BCUT2D eigenvalue weighted by Gasteiger charge is 2.30. The average molecular weight is 344 g/mol. The summed E-state index contributed by atoms with van der Waals surface area (Å²) in [5, 5.41) is 0. The van der Waals surface area contributed by atoms with Crippen molar-refractivity contribution >= 4 is 28.5 Å². The van der Waals surface area contributed by atoms with Gasteiger partial charge in [0.1, 0.15) is 0 Å². The van der Waals surface area contributed by atoms with Crippen molar-refractivity contribution in [1.29, 1.82) is 0 Å².